The first kappa shape index (κ1) is 25.7. The lowest BCUT2D eigenvalue weighted by molar-refractivity contribution is -0.142. The monoisotopic (exact) mass is 482 g/mol. The van der Waals surface area contributed by atoms with Crippen LogP contribution in [0.3, 0.4) is 0 Å². The highest BCUT2D eigenvalue weighted by Gasteiger charge is 2.38. The van der Waals surface area contributed by atoms with Gasteiger partial charge in [-0.15, -0.1) is 6.58 Å². The van der Waals surface area contributed by atoms with Crippen LogP contribution >= 0.6 is 0 Å². The maximum atomic E-state index is 14.0. The Labute approximate surface area is 201 Å². The summed E-state index contributed by atoms with van der Waals surface area (Å²) in [7, 11) is 0. The van der Waals surface area contributed by atoms with Crippen molar-refractivity contribution in [3.05, 3.63) is 47.5 Å². The third kappa shape index (κ3) is 6.23. The predicted molar refractivity (Wildman–Crippen MR) is 126 cm³/mol. The Morgan fingerprint density at radius 3 is 1.59 bits per heavy atom. The molecular formula is C29H39F5. The lowest BCUT2D eigenvalue weighted by Crippen LogP contribution is -2.25. The molecule has 5 heteroatoms. The fraction of sp³-hybridized carbons (Fsp3) is 0.724. The van der Waals surface area contributed by atoms with E-state index in [1.807, 2.05) is 0 Å². The Morgan fingerprint density at radius 2 is 1.15 bits per heavy atom. The van der Waals surface area contributed by atoms with Crippen molar-refractivity contribution in [2.75, 3.05) is 0 Å². The second-order valence-electron chi connectivity index (χ2n) is 11.3. The average Bonchev–Trinajstić information content (AvgIpc) is 2.82. The fourth-order valence-electron chi connectivity index (χ4n) is 7.16. The van der Waals surface area contributed by atoms with Gasteiger partial charge in [-0.25, -0.2) is 8.78 Å². The molecule has 3 fully saturated rings. The molecular weight excluding hydrogens is 443 g/mol. The van der Waals surface area contributed by atoms with E-state index in [1.54, 1.807) is 0 Å². The normalized spacial score (nSPS) is 33.0. The van der Waals surface area contributed by atoms with Crippen LogP contribution in [0, 0.1) is 41.2 Å². The van der Waals surface area contributed by atoms with Gasteiger partial charge in [0.05, 0.1) is 0 Å². The minimum Gasteiger partial charge on any atom is -0.206 e. The van der Waals surface area contributed by atoms with Crippen LogP contribution in [0.2, 0.25) is 0 Å². The summed E-state index contributed by atoms with van der Waals surface area (Å²) in [4.78, 5) is 0. The van der Waals surface area contributed by atoms with E-state index in [9.17, 15) is 22.0 Å². The van der Waals surface area contributed by atoms with Crippen LogP contribution in [0.4, 0.5) is 22.0 Å². The Morgan fingerprint density at radius 1 is 0.706 bits per heavy atom. The molecule has 0 spiro atoms. The van der Waals surface area contributed by atoms with E-state index < -0.39 is 23.4 Å². The van der Waals surface area contributed by atoms with Crippen LogP contribution in [0.1, 0.15) is 107 Å². The molecule has 0 unspecified atom stereocenters. The molecule has 0 radical (unpaired) electrons. The van der Waals surface area contributed by atoms with Crippen LogP contribution in [-0.2, 0) is 6.18 Å². The van der Waals surface area contributed by atoms with Crippen molar-refractivity contribution in [2.24, 2.45) is 29.6 Å². The molecule has 3 saturated carbocycles. The first-order chi connectivity index (χ1) is 16.2. The number of hydrogen-bond acceptors (Lipinski definition) is 0. The zero-order chi connectivity index (χ0) is 24.3. The van der Waals surface area contributed by atoms with Gasteiger partial charge in [0.15, 0.2) is 0 Å². The number of alkyl halides is 3. The molecule has 0 aliphatic heterocycles. The van der Waals surface area contributed by atoms with Gasteiger partial charge in [-0.2, -0.15) is 13.2 Å². The molecule has 3 aliphatic carbocycles. The maximum absolute atomic E-state index is 14.0. The molecule has 0 bridgehead atoms. The summed E-state index contributed by atoms with van der Waals surface area (Å²) in [5.74, 6) is 1.01. The van der Waals surface area contributed by atoms with Crippen LogP contribution < -0.4 is 0 Å². The van der Waals surface area contributed by atoms with Crippen molar-refractivity contribution >= 4 is 0 Å². The number of benzene rings is 1. The van der Waals surface area contributed by atoms with Gasteiger partial charge in [0, 0.05) is 0 Å². The molecule has 0 heterocycles. The molecule has 1 aromatic rings. The number of allylic oxidation sites excluding steroid dienone is 1. The second-order valence-corrected chi connectivity index (χ2v) is 11.3. The van der Waals surface area contributed by atoms with Crippen molar-refractivity contribution in [1.29, 1.82) is 0 Å². The van der Waals surface area contributed by atoms with E-state index in [-0.39, 0.29) is 5.92 Å². The van der Waals surface area contributed by atoms with Crippen molar-refractivity contribution < 1.29 is 22.0 Å². The third-order valence-corrected chi connectivity index (χ3v) is 9.36. The topological polar surface area (TPSA) is 0 Å². The molecule has 0 atom stereocenters. The SMILES string of the molecule is C=CC1CCC(C2CCC(CCC3CCC(c4cc(F)c(C(F)(F)F)c(F)c4)CC3)CC2)CC1. The molecule has 0 nitrogen and oxygen atoms in total. The van der Waals surface area contributed by atoms with Gasteiger partial charge in [0.2, 0.25) is 0 Å². The standard InChI is InChI=1S/C29H39F5/c1-2-19-5-11-22(12-6-19)23-13-7-20(8-14-23)3-4-21-9-15-24(16-10-21)25-17-26(30)28(27(31)18-25)29(32,33)34/h2,17-24H,1,3-16H2. The van der Waals surface area contributed by atoms with Gasteiger partial charge in [0.1, 0.15) is 17.2 Å². The van der Waals surface area contributed by atoms with Gasteiger partial charge < -0.3 is 0 Å². The van der Waals surface area contributed by atoms with Crippen LogP contribution in [0.5, 0.6) is 0 Å². The van der Waals surface area contributed by atoms with Crippen LogP contribution in [0.25, 0.3) is 0 Å². The van der Waals surface area contributed by atoms with E-state index in [4.69, 9.17) is 0 Å². The predicted octanol–water partition coefficient (Wildman–Crippen LogP) is 9.84. The zero-order valence-corrected chi connectivity index (χ0v) is 20.2. The Balaban J connectivity index is 1.18. The van der Waals surface area contributed by atoms with Crippen LogP contribution in [-0.4, -0.2) is 0 Å². The van der Waals surface area contributed by atoms with Crippen molar-refractivity contribution in [3.63, 3.8) is 0 Å². The number of hydrogen-bond donors (Lipinski definition) is 0. The number of rotatable bonds is 6. The molecule has 0 N–H and O–H groups in total. The summed E-state index contributed by atoms with van der Waals surface area (Å²) in [5.41, 5.74) is -1.40. The highest BCUT2D eigenvalue weighted by Crippen LogP contribution is 2.44. The van der Waals surface area contributed by atoms with E-state index in [2.05, 4.69) is 12.7 Å². The highest BCUT2D eigenvalue weighted by molar-refractivity contribution is 5.30. The lowest BCUT2D eigenvalue weighted by atomic mass is 9.68. The quantitative estimate of drug-likeness (QED) is 0.280. The maximum Gasteiger partial charge on any atom is 0.422 e. The van der Waals surface area contributed by atoms with Gasteiger partial charge in [-0.1, -0.05) is 31.8 Å². The Bertz CT molecular complexity index is 781. The molecule has 34 heavy (non-hydrogen) atoms. The van der Waals surface area contributed by atoms with E-state index in [0.29, 0.717) is 11.5 Å². The average molecular weight is 483 g/mol. The minimum atomic E-state index is -5.01. The molecule has 3 aliphatic rings. The van der Waals surface area contributed by atoms with Crippen LogP contribution in [0.15, 0.2) is 24.8 Å². The fourth-order valence-corrected chi connectivity index (χ4v) is 7.16. The molecule has 190 valence electrons. The Kier molecular flexibility index (Phi) is 8.40. The third-order valence-electron chi connectivity index (χ3n) is 9.36. The summed E-state index contributed by atoms with van der Waals surface area (Å²) in [6.07, 6.45) is 14.1. The molecule has 4 rings (SSSR count). The van der Waals surface area contributed by atoms with E-state index in [0.717, 1.165) is 61.5 Å². The Hall–Kier alpha value is -1.39. The largest absolute Gasteiger partial charge is 0.422 e. The number of halogens is 5. The first-order valence-corrected chi connectivity index (χ1v) is 13.4. The molecule has 0 saturated heterocycles. The summed E-state index contributed by atoms with van der Waals surface area (Å²) < 4.78 is 66.5. The minimum absolute atomic E-state index is 0.0471. The van der Waals surface area contributed by atoms with E-state index >= 15 is 0 Å². The first-order valence-electron chi connectivity index (χ1n) is 13.4. The summed E-state index contributed by atoms with van der Waals surface area (Å²) in [6, 6.07) is 1.80. The highest BCUT2D eigenvalue weighted by atomic mass is 19.4. The van der Waals surface area contributed by atoms with Gasteiger partial charge in [-0.3, -0.25) is 0 Å². The summed E-state index contributed by atoms with van der Waals surface area (Å²) in [5, 5.41) is 0. The van der Waals surface area contributed by atoms with Gasteiger partial charge >= 0.3 is 6.18 Å². The zero-order valence-electron chi connectivity index (χ0n) is 20.2. The smallest absolute Gasteiger partial charge is 0.206 e. The molecule has 0 amide bonds. The second kappa shape index (κ2) is 11.1. The lowest BCUT2D eigenvalue weighted by Gasteiger charge is -2.38. The van der Waals surface area contributed by atoms with Gasteiger partial charge in [0.25, 0.3) is 0 Å². The van der Waals surface area contributed by atoms with Gasteiger partial charge in [-0.05, 0) is 117 Å². The van der Waals surface area contributed by atoms with Crippen molar-refractivity contribution in [3.8, 4) is 0 Å². The van der Waals surface area contributed by atoms with Crippen molar-refractivity contribution in [1.82, 2.24) is 0 Å². The van der Waals surface area contributed by atoms with Crippen molar-refractivity contribution in [2.45, 2.75) is 102 Å². The molecule has 1 aromatic carbocycles. The summed E-state index contributed by atoms with van der Waals surface area (Å²) in [6.45, 7) is 3.96. The van der Waals surface area contributed by atoms with E-state index in [1.165, 1.54) is 64.2 Å². The summed E-state index contributed by atoms with van der Waals surface area (Å²) >= 11 is 0. The molecule has 0 aromatic heterocycles.